The van der Waals surface area contributed by atoms with Crippen molar-refractivity contribution in [1.82, 2.24) is 0 Å². The molecule has 1 aromatic rings. The van der Waals surface area contributed by atoms with Crippen LogP contribution >= 0.6 is 0 Å². The van der Waals surface area contributed by atoms with Crippen LogP contribution in [0.15, 0.2) is 29.2 Å². The van der Waals surface area contributed by atoms with Crippen LogP contribution < -0.4 is 5.73 Å². The Labute approximate surface area is 72.1 Å². The van der Waals surface area contributed by atoms with Gasteiger partial charge in [0, 0.05) is 6.07 Å². The lowest BCUT2D eigenvalue weighted by Crippen LogP contribution is -2.26. The van der Waals surface area contributed by atoms with Crippen LogP contribution in [0.25, 0.3) is 0 Å². The lowest BCUT2D eigenvalue weighted by Gasteiger charge is -2.05. The maximum Gasteiger partial charge on any atom is 0.194 e. The second-order valence-electron chi connectivity index (χ2n) is 2.48. The van der Waals surface area contributed by atoms with E-state index in [1.807, 2.05) is 0 Å². The average Bonchev–Trinajstić information content (AvgIpc) is 2.06. The van der Waals surface area contributed by atoms with Crippen LogP contribution in [0.5, 0.6) is 0 Å². The Morgan fingerprint density at radius 2 is 2.17 bits per heavy atom. The maximum absolute atomic E-state index is 11.4. The SMILES string of the molecule is CC(N)S(=O)(=O)c1[c]cccc1. The van der Waals surface area contributed by atoms with Crippen molar-refractivity contribution < 1.29 is 8.42 Å². The molecule has 0 saturated heterocycles. The lowest BCUT2D eigenvalue weighted by molar-refractivity contribution is 0.585. The Morgan fingerprint density at radius 3 is 2.58 bits per heavy atom. The van der Waals surface area contributed by atoms with Gasteiger partial charge in [-0.3, -0.25) is 0 Å². The van der Waals surface area contributed by atoms with E-state index in [1.54, 1.807) is 18.2 Å². The van der Waals surface area contributed by atoms with E-state index in [0.717, 1.165) is 0 Å². The fourth-order valence-electron chi connectivity index (χ4n) is 0.754. The molecule has 1 aromatic carbocycles. The summed E-state index contributed by atoms with van der Waals surface area (Å²) in [5.41, 5.74) is 5.29. The van der Waals surface area contributed by atoms with Gasteiger partial charge in [-0.2, -0.15) is 0 Å². The first kappa shape index (κ1) is 9.22. The molecule has 1 radical (unpaired) electrons. The van der Waals surface area contributed by atoms with Crippen LogP contribution in [0.2, 0.25) is 0 Å². The number of hydrogen-bond donors (Lipinski definition) is 1. The normalized spacial score (nSPS) is 14.2. The van der Waals surface area contributed by atoms with Gasteiger partial charge in [0.1, 0.15) is 5.37 Å². The van der Waals surface area contributed by atoms with E-state index in [4.69, 9.17) is 5.73 Å². The quantitative estimate of drug-likeness (QED) is 0.730. The summed E-state index contributed by atoms with van der Waals surface area (Å²) in [6, 6.07) is 9.01. The van der Waals surface area contributed by atoms with Gasteiger partial charge in [-0.05, 0) is 13.0 Å². The minimum atomic E-state index is -3.35. The molecule has 0 fully saturated rings. The predicted octanol–water partition coefficient (Wildman–Crippen LogP) is 0.565. The van der Waals surface area contributed by atoms with Crippen molar-refractivity contribution in [2.24, 2.45) is 5.73 Å². The van der Waals surface area contributed by atoms with Gasteiger partial charge in [0.15, 0.2) is 9.84 Å². The number of benzene rings is 1. The van der Waals surface area contributed by atoms with Crippen LogP contribution in [0.4, 0.5) is 0 Å². The molecule has 12 heavy (non-hydrogen) atoms. The number of sulfone groups is 1. The second-order valence-corrected chi connectivity index (χ2v) is 4.75. The number of hydrogen-bond acceptors (Lipinski definition) is 3. The zero-order chi connectivity index (χ0) is 9.19. The predicted molar refractivity (Wildman–Crippen MR) is 46.1 cm³/mol. The molecule has 0 aliphatic rings. The Kier molecular flexibility index (Phi) is 2.49. The van der Waals surface area contributed by atoms with Crippen molar-refractivity contribution in [2.45, 2.75) is 17.2 Å². The van der Waals surface area contributed by atoms with Crippen LogP contribution in [0.3, 0.4) is 0 Å². The summed E-state index contributed by atoms with van der Waals surface area (Å²) in [6.07, 6.45) is 0. The monoisotopic (exact) mass is 184 g/mol. The third kappa shape index (κ3) is 1.65. The van der Waals surface area contributed by atoms with Crippen LogP contribution in [-0.4, -0.2) is 13.8 Å². The second kappa shape index (κ2) is 3.25. The largest absolute Gasteiger partial charge is 0.315 e. The minimum Gasteiger partial charge on any atom is -0.315 e. The Hall–Kier alpha value is -0.870. The summed E-state index contributed by atoms with van der Waals surface area (Å²) in [5, 5.41) is -0.879. The highest BCUT2D eigenvalue weighted by Gasteiger charge is 2.18. The molecule has 0 aromatic heterocycles. The van der Waals surface area contributed by atoms with Crippen molar-refractivity contribution in [3.05, 3.63) is 30.3 Å². The van der Waals surface area contributed by atoms with Crippen LogP contribution in [0, 0.1) is 6.07 Å². The molecule has 1 atom stereocenters. The lowest BCUT2D eigenvalue weighted by atomic mass is 10.4. The van der Waals surface area contributed by atoms with E-state index in [1.165, 1.54) is 13.0 Å². The Bertz CT molecular complexity index is 343. The topological polar surface area (TPSA) is 60.2 Å². The summed E-state index contributed by atoms with van der Waals surface area (Å²) in [7, 11) is -3.35. The summed E-state index contributed by atoms with van der Waals surface area (Å²) in [5.74, 6) is 0. The van der Waals surface area contributed by atoms with E-state index < -0.39 is 15.2 Å². The molecular formula is C8H10NO2S. The molecule has 0 heterocycles. The van der Waals surface area contributed by atoms with Gasteiger partial charge in [-0.1, -0.05) is 18.2 Å². The van der Waals surface area contributed by atoms with Gasteiger partial charge in [0.05, 0.1) is 4.90 Å². The molecule has 3 nitrogen and oxygen atoms in total. The van der Waals surface area contributed by atoms with Crippen LogP contribution in [-0.2, 0) is 9.84 Å². The summed E-state index contributed by atoms with van der Waals surface area (Å²) < 4.78 is 22.8. The first-order chi connectivity index (χ1) is 5.55. The van der Waals surface area contributed by atoms with E-state index >= 15 is 0 Å². The molecule has 1 rings (SSSR count). The summed E-state index contributed by atoms with van der Waals surface area (Å²) in [6.45, 7) is 1.44. The third-order valence-corrected chi connectivity index (χ3v) is 3.32. The van der Waals surface area contributed by atoms with Gasteiger partial charge < -0.3 is 5.73 Å². The molecule has 0 spiro atoms. The van der Waals surface area contributed by atoms with Gasteiger partial charge in [-0.25, -0.2) is 8.42 Å². The van der Waals surface area contributed by atoms with Gasteiger partial charge in [0.25, 0.3) is 0 Å². The van der Waals surface area contributed by atoms with Crippen molar-refractivity contribution in [1.29, 1.82) is 0 Å². The minimum absolute atomic E-state index is 0.153. The fraction of sp³-hybridized carbons (Fsp3) is 0.250. The van der Waals surface area contributed by atoms with E-state index in [2.05, 4.69) is 6.07 Å². The smallest absolute Gasteiger partial charge is 0.194 e. The number of rotatable bonds is 2. The summed E-state index contributed by atoms with van der Waals surface area (Å²) >= 11 is 0. The molecule has 2 N–H and O–H groups in total. The average molecular weight is 184 g/mol. The van der Waals surface area contributed by atoms with Crippen LogP contribution in [0.1, 0.15) is 6.92 Å². The van der Waals surface area contributed by atoms with Crippen molar-refractivity contribution in [3.63, 3.8) is 0 Å². The number of nitrogens with two attached hydrogens (primary N) is 1. The van der Waals surface area contributed by atoms with Crippen molar-refractivity contribution in [2.75, 3.05) is 0 Å². The molecule has 65 valence electrons. The zero-order valence-electron chi connectivity index (χ0n) is 6.69. The molecule has 0 aliphatic carbocycles. The van der Waals surface area contributed by atoms with Gasteiger partial charge in [-0.15, -0.1) is 0 Å². The Balaban J connectivity index is 3.17. The maximum atomic E-state index is 11.4. The van der Waals surface area contributed by atoms with Crippen molar-refractivity contribution >= 4 is 9.84 Å². The molecule has 0 aliphatic heterocycles. The molecule has 4 heteroatoms. The first-order valence-corrected chi connectivity index (χ1v) is 5.06. The fourth-order valence-corrected chi connectivity index (χ4v) is 1.66. The zero-order valence-corrected chi connectivity index (χ0v) is 7.51. The molecule has 0 bridgehead atoms. The molecule has 0 amide bonds. The van der Waals surface area contributed by atoms with E-state index in [-0.39, 0.29) is 4.90 Å². The standard InChI is InChI=1S/C8H10NO2S/c1-7(9)12(10,11)8-5-3-2-4-6-8/h2-5,7H,9H2,1H3. The van der Waals surface area contributed by atoms with Crippen molar-refractivity contribution in [3.8, 4) is 0 Å². The third-order valence-electron chi connectivity index (χ3n) is 1.48. The molecular weight excluding hydrogens is 174 g/mol. The van der Waals surface area contributed by atoms with Gasteiger partial charge >= 0.3 is 0 Å². The first-order valence-electron chi connectivity index (χ1n) is 3.51. The highest BCUT2D eigenvalue weighted by Crippen LogP contribution is 2.11. The van der Waals surface area contributed by atoms with E-state index in [0.29, 0.717) is 0 Å². The molecule has 1 unspecified atom stereocenters. The molecule has 0 saturated carbocycles. The highest BCUT2D eigenvalue weighted by molar-refractivity contribution is 7.92. The summed E-state index contributed by atoms with van der Waals surface area (Å²) in [4.78, 5) is 0.153. The highest BCUT2D eigenvalue weighted by atomic mass is 32.2. The van der Waals surface area contributed by atoms with E-state index in [9.17, 15) is 8.42 Å². The van der Waals surface area contributed by atoms with Gasteiger partial charge in [0.2, 0.25) is 0 Å². The Morgan fingerprint density at radius 1 is 1.50 bits per heavy atom.